The lowest BCUT2D eigenvalue weighted by molar-refractivity contribution is 0.121. The number of amidine groups is 1. The Hall–Kier alpha value is -1.08. The van der Waals surface area contributed by atoms with Gasteiger partial charge < -0.3 is 9.42 Å². The van der Waals surface area contributed by atoms with Crippen LogP contribution in [0.15, 0.2) is 9.52 Å². The minimum atomic E-state index is 0.208. The molecule has 0 radical (unpaired) electrons. The zero-order chi connectivity index (χ0) is 15.1. The largest absolute Gasteiger partial charge is 0.349 e. The molecule has 3 heterocycles. The molecule has 0 bridgehead atoms. The van der Waals surface area contributed by atoms with Crippen LogP contribution in [0.5, 0.6) is 0 Å². The number of nitrogens with zero attached hydrogens (tertiary/aromatic N) is 5. The van der Waals surface area contributed by atoms with Crippen molar-refractivity contribution in [1.82, 2.24) is 19.9 Å². The van der Waals surface area contributed by atoms with E-state index in [1.54, 1.807) is 0 Å². The number of thioether (sulfide) groups is 1. The van der Waals surface area contributed by atoms with Crippen molar-refractivity contribution in [2.45, 2.75) is 43.9 Å². The van der Waals surface area contributed by atoms with Gasteiger partial charge in [-0.15, -0.1) is 0 Å². The fourth-order valence-corrected chi connectivity index (χ4v) is 4.01. The van der Waals surface area contributed by atoms with Crippen LogP contribution in [0.4, 0.5) is 0 Å². The molecule has 3 aliphatic rings. The molecular formula is C15H23N5OS. The maximum Gasteiger partial charge on any atom is 0.243 e. The van der Waals surface area contributed by atoms with Crippen molar-refractivity contribution in [3.8, 4) is 0 Å². The maximum absolute atomic E-state index is 5.48. The first-order valence-electron chi connectivity index (χ1n) is 8.24. The first kappa shape index (κ1) is 14.5. The van der Waals surface area contributed by atoms with Crippen molar-refractivity contribution in [3.05, 3.63) is 11.7 Å². The summed E-state index contributed by atoms with van der Waals surface area (Å²) in [6.45, 7) is 9.49. The zero-order valence-electron chi connectivity index (χ0n) is 13.2. The molecule has 1 aromatic heterocycles. The first-order chi connectivity index (χ1) is 10.7. The highest BCUT2D eigenvalue weighted by Crippen LogP contribution is 2.38. The topological polar surface area (TPSA) is 57.8 Å². The molecule has 120 valence electrons. The second kappa shape index (κ2) is 5.85. The molecule has 4 rings (SSSR count). The third kappa shape index (κ3) is 2.88. The smallest absolute Gasteiger partial charge is 0.243 e. The third-order valence-electron chi connectivity index (χ3n) is 4.68. The summed E-state index contributed by atoms with van der Waals surface area (Å²) in [5, 5.41) is 6.00. The van der Waals surface area contributed by atoms with Gasteiger partial charge in [0.05, 0.1) is 12.6 Å². The lowest BCUT2D eigenvalue weighted by atomic mass is 10.2. The van der Waals surface area contributed by atoms with E-state index in [2.05, 4.69) is 38.8 Å². The highest BCUT2D eigenvalue weighted by molar-refractivity contribution is 8.14. The Kier molecular flexibility index (Phi) is 3.86. The predicted molar refractivity (Wildman–Crippen MR) is 87.2 cm³/mol. The Morgan fingerprint density at radius 2 is 2.00 bits per heavy atom. The van der Waals surface area contributed by atoms with E-state index in [0.29, 0.717) is 11.2 Å². The minimum Gasteiger partial charge on any atom is -0.349 e. The van der Waals surface area contributed by atoms with E-state index in [0.717, 1.165) is 44.4 Å². The fourth-order valence-electron chi connectivity index (χ4n) is 3.02. The van der Waals surface area contributed by atoms with Crippen LogP contribution in [0.3, 0.4) is 0 Å². The second-order valence-corrected chi connectivity index (χ2v) is 7.92. The molecule has 22 heavy (non-hydrogen) atoms. The molecule has 0 aromatic carbocycles. The van der Waals surface area contributed by atoms with Crippen LogP contribution in [0.2, 0.25) is 0 Å². The van der Waals surface area contributed by atoms with Crippen LogP contribution < -0.4 is 0 Å². The Morgan fingerprint density at radius 1 is 1.23 bits per heavy atom. The van der Waals surface area contributed by atoms with Crippen LogP contribution in [0, 0.1) is 0 Å². The van der Waals surface area contributed by atoms with Crippen LogP contribution in [0.25, 0.3) is 0 Å². The van der Waals surface area contributed by atoms with Gasteiger partial charge in [-0.3, -0.25) is 9.89 Å². The van der Waals surface area contributed by atoms with Gasteiger partial charge in [-0.2, -0.15) is 4.98 Å². The second-order valence-electron chi connectivity index (χ2n) is 6.52. The number of rotatable bonds is 3. The molecular weight excluding hydrogens is 298 g/mol. The summed E-state index contributed by atoms with van der Waals surface area (Å²) < 4.78 is 5.48. The van der Waals surface area contributed by atoms with E-state index in [4.69, 9.17) is 4.52 Å². The van der Waals surface area contributed by atoms with E-state index in [-0.39, 0.29) is 6.04 Å². The lowest BCUT2D eigenvalue weighted by Crippen LogP contribution is -2.48. The molecule has 7 heteroatoms. The molecule has 1 saturated heterocycles. The van der Waals surface area contributed by atoms with Crippen molar-refractivity contribution < 1.29 is 4.52 Å². The Labute approximate surface area is 135 Å². The van der Waals surface area contributed by atoms with Crippen molar-refractivity contribution in [3.63, 3.8) is 0 Å². The summed E-state index contributed by atoms with van der Waals surface area (Å²) in [7, 11) is 0. The Bertz CT molecular complexity index is 562. The quantitative estimate of drug-likeness (QED) is 0.850. The Morgan fingerprint density at radius 3 is 2.64 bits per heavy atom. The number of aromatic nitrogens is 2. The zero-order valence-corrected chi connectivity index (χ0v) is 14.1. The van der Waals surface area contributed by atoms with Crippen LogP contribution >= 0.6 is 11.8 Å². The Balaban J connectivity index is 1.34. The predicted octanol–water partition coefficient (Wildman–Crippen LogP) is 2.12. The van der Waals surface area contributed by atoms with E-state index in [9.17, 15) is 0 Å². The van der Waals surface area contributed by atoms with Crippen LogP contribution in [0.1, 0.15) is 50.4 Å². The summed E-state index contributed by atoms with van der Waals surface area (Å²) >= 11 is 1.91. The van der Waals surface area contributed by atoms with Gasteiger partial charge in [-0.25, -0.2) is 0 Å². The average Bonchev–Trinajstić information content (AvgIpc) is 3.11. The summed E-state index contributed by atoms with van der Waals surface area (Å²) in [5.74, 6) is 2.24. The standard InChI is InChI=1S/C15H23N5OS/c1-10-9-16-15(22-10)20-7-5-19(6-8-20)11(2)14-17-13(18-21-14)12-3-4-12/h10-12H,3-9H2,1-2H3/t10-,11-/m1/s1. The van der Waals surface area contributed by atoms with Crippen LogP contribution in [-0.4, -0.2) is 63.1 Å². The molecule has 0 unspecified atom stereocenters. The summed E-state index contributed by atoms with van der Waals surface area (Å²) in [4.78, 5) is 14.1. The number of hydrogen-bond donors (Lipinski definition) is 0. The number of piperazine rings is 1. The average molecular weight is 321 g/mol. The van der Waals surface area contributed by atoms with Gasteiger partial charge in [0.1, 0.15) is 0 Å². The molecule has 2 fully saturated rings. The van der Waals surface area contributed by atoms with E-state index < -0.39 is 0 Å². The molecule has 1 aliphatic carbocycles. The van der Waals surface area contributed by atoms with Crippen LogP contribution in [-0.2, 0) is 0 Å². The molecule has 1 aromatic rings. The minimum absolute atomic E-state index is 0.208. The number of hydrogen-bond acceptors (Lipinski definition) is 7. The van der Waals surface area contributed by atoms with Gasteiger partial charge in [0, 0.05) is 37.3 Å². The van der Waals surface area contributed by atoms with Gasteiger partial charge in [-0.05, 0) is 19.8 Å². The highest BCUT2D eigenvalue weighted by Gasteiger charge is 2.32. The fraction of sp³-hybridized carbons (Fsp3) is 0.800. The van der Waals surface area contributed by atoms with Crippen molar-refractivity contribution >= 4 is 16.9 Å². The SMILES string of the molecule is C[C@@H]1CN=C(N2CCN([C@H](C)c3nc(C4CC4)no3)CC2)S1. The summed E-state index contributed by atoms with van der Waals surface area (Å²) in [5.41, 5.74) is 0. The van der Waals surface area contributed by atoms with Gasteiger partial charge in [0.25, 0.3) is 0 Å². The molecule has 0 N–H and O–H groups in total. The van der Waals surface area contributed by atoms with Crippen molar-refractivity contribution in [2.24, 2.45) is 4.99 Å². The van der Waals surface area contributed by atoms with Crippen molar-refractivity contribution in [2.75, 3.05) is 32.7 Å². The molecule has 2 atom stereocenters. The van der Waals surface area contributed by atoms with Gasteiger partial charge in [-0.1, -0.05) is 23.8 Å². The molecule has 0 amide bonds. The van der Waals surface area contributed by atoms with E-state index in [1.807, 2.05) is 11.8 Å². The van der Waals surface area contributed by atoms with Gasteiger partial charge in [0.15, 0.2) is 11.0 Å². The summed E-state index contributed by atoms with van der Waals surface area (Å²) in [6, 6.07) is 0.208. The van der Waals surface area contributed by atoms with Gasteiger partial charge >= 0.3 is 0 Å². The maximum atomic E-state index is 5.48. The van der Waals surface area contributed by atoms with Crippen molar-refractivity contribution in [1.29, 1.82) is 0 Å². The molecule has 1 saturated carbocycles. The van der Waals surface area contributed by atoms with E-state index >= 15 is 0 Å². The van der Waals surface area contributed by atoms with E-state index in [1.165, 1.54) is 18.0 Å². The van der Waals surface area contributed by atoms with Gasteiger partial charge in [0.2, 0.25) is 5.89 Å². The molecule has 0 spiro atoms. The highest BCUT2D eigenvalue weighted by atomic mass is 32.2. The molecule has 2 aliphatic heterocycles. The lowest BCUT2D eigenvalue weighted by Gasteiger charge is -2.37. The monoisotopic (exact) mass is 321 g/mol. The summed E-state index contributed by atoms with van der Waals surface area (Å²) in [6.07, 6.45) is 2.43. The normalized spacial score (nSPS) is 28.0. The number of aliphatic imine (C=N–C) groups is 1. The third-order valence-corrected chi connectivity index (χ3v) is 5.83. The molecule has 6 nitrogen and oxygen atoms in total. The first-order valence-corrected chi connectivity index (χ1v) is 9.12.